The SMILES string of the molecule is O=C(OCc1cccc(C(F)(F)F)c1)C(=Cc1ccsc1)C(O)c1cccnc1. The van der Waals surface area contributed by atoms with Crippen molar-refractivity contribution in [3.8, 4) is 0 Å². The van der Waals surface area contributed by atoms with Crippen molar-refractivity contribution in [1.29, 1.82) is 0 Å². The molecule has 0 fully saturated rings. The monoisotopic (exact) mass is 419 g/mol. The maximum atomic E-state index is 12.8. The number of aliphatic hydroxyl groups excluding tert-OH is 1. The molecule has 2 aromatic heterocycles. The highest BCUT2D eigenvalue weighted by Crippen LogP contribution is 2.30. The lowest BCUT2D eigenvalue weighted by Gasteiger charge is -2.15. The van der Waals surface area contributed by atoms with Crippen LogP contribution in [-0.4, -0.2) is 16.1 Å². The number of nitrogens with zero attached hydrogens (tertiary/aromatic N) is 1. The number of aromatic nitrogens is 1. The molecule has 1 aromatic carbocycles. The zero-order valence-electron chi connectivity index (χ0n) is 15.0. The number of halogens is 3. The third-order valence-corrected chi connectivity index (χ3v) is 4.72. The molecule has 1 atom stereocenters. The number of hydrogen-bond acceptors (Lipinski definition) is 5. The molecule has 1 N–H and O–H groups in total. The van der Waals surface area contributed by atoms with Crippen LogP contribution in [0.25, 0.3) is 6.08 Å². The van der Waals surface area contributed by atoms with Crippen LogP contribution in [0.4, 0.5) is 13.2 Å². The van der Waals surface area contributed by atoms with Crippen molar-refractivity contribution in [2.45, 2.75) is 18.9 Å². The van der Waals surface area contributed by atoms with Crippen LogP contribution in [0.5, 0.6) is 0 Å². The van der Waals surface area contributed by atoms with Crippen LogP contribution in [0.15, 0.2) is 71.2 Å². The topological polar surface area (TPSA) is 59.4 Å². The van der Waals surface area contributed by atoms with E-state index in [1.165, 1.54) is 41.9 Å². The smallest absolute Gasteiger partial charge is 0.416 e. The summed E-state index contributed by atoms with van der Waals surface area (Å²) in [7, 11) is 0. The van der Waals surface area contributed by atoms with Crippen LogP contribution in [0.2, 0.25) is 0 Å². The molecule has 4 nitrogen and oxygen atoms in total. The van der Waals surface area contributed by atoms with E-state index in [0.717, 1.165) is 12.1 Å². The molecule has 0 aliphatic heterocycles. The van der Waals surface area contributed by atoms with Gasteiger partial charge in [-0.2, -0.15) is 24.5 Å². The van der Waals surface area contributed by atoms with Crippen LogP contribution < -0.4 is 0 Å². The van der Waals surface area contributed by atoms with Gasteiger partial charge in [-0.3, -0.25) is 4.98 Å². The number of aliphatic hydroxyl groups is 1. The molecule has 1 unspecified atom stereocenters. The second-order valence-electron chi connectivity index (χ2n) is 6.12. The first-order valence-electron chi connectivity index (χ1n) is 8.49. The van der Waals surface area contributed by atoms with Crippen molar-refractivity contribution >= 4 is 23.4 Å². The molecule has 0 saturated heterocycles. The molecule has 3 rings (SSSR count). The van der Waals surface area contributed by atoms with E-state index >= 15 is 0 Å². The fourth-order valence-corrected chi connectivity index (χ4v) is 3.19. The molecule has 3 aromatic rings. The van der Waals surface area contributed by atoms with Crippen molar-refractivity contribution in [1.82, 2.24) is 4.98 Å². The average molecular weight is 419 g/mol. The number of esters is 1. The van der Waals surface area contributed by atoms with Gasteiger partial charge in [-0.15, -0.1) is 0 Å². The van der Waals surface area contributed by atoms with Gasteiger partial charge in [-0.05, 0) is 52.2 Å². The minimum Gasteiger partial charge on any atom is -0.457 e. The minimum atomic E-state index is -4.49. The summed E-state index contributed by atoms with van der Waals surface area (Å²) in [4.78, 5) is 16.6. The summed E-state index contributed by atoms with van der Waals surface area (Å²) < 4.78 is 43.7. The van der Waals surface area contributed by atoms with Gasteiger partial charge in [-0.1, -0.05) is 18.2 Å². The highest BCUT2D eigenvalue weighted by Gasteiger charge is 2.30. The Hall–Kier alpha value is -2.97. The summed E-state index contributed by atoms with van der Waals surface area (Å²) in [6.45, 7) is -0.358. The molecule has 0 aliphatic rings. The Morgan fingerprint density at radius 3 is 2.72 bits per heavy atom. The van der Waals surface area contributed by atoms with Gasteiger partial charge in [0.2, 0.25) is 0 Å². The number of rotatable bonds is 6. The van der Waals surface area contributed by atoms with E-state index in [0.29, 0.717) is 11.1 Å². The maximum Gasteiger partial charge on any atom is 0.416 e. The number of thiophene rings is 1. The van der Waals surface area contributed by atoms with E-state index in [4.69, 9.17) is 4.74 Å². The zero-order valence-corrected chi connectivity index (χ0v) is 15.8. The van der Waals surface area contributed by atoms with Crippen LogP contribution in [0, 0.1) is 0 Å². The van der Waals surface area contributed by atoms with Crippen molar-refractivity contribution in [3.63, 3.8) is 0 Å². The van der Waals surface area contributed by atoms with Crippen LogP contribution in [0.3, 0.4) is 0 Å². The van der Waals surface area contributed by atoms with E-state index < -0.39 is 23.8 Å². The zero-order chi connectivity index (χ0) is 20.9. The lowest BCUT2D eigenvalue weighted by molar-refractivity contribution is -0.141. The largest absolute Gasteiger partial charge is 0.457 e. The predicted octanol–water partition coefficient (Wildman–Crippen LogP) is 5.02. The molecule has 0 saturated carbocycles. The number of hydrogen-bond donors (Lipinski definition) is 1. The molecule has 0 aliphatic carbocycles. The molecule has 0 radical (unpaired) electrons. The molecular weight excluding hydrogens is 403 g/mol. The van der Waals surface area contributed by atoms with Gasteiger partial charge < -0.3 is 9.84 Å². The molecule has 0 spiro atoms. The fraction of sp³-hybridized carbons (Fsp3) is 0.143. The first-order valence-corrected chi connectivity index (χ1v) is 9.44. The highest BCUT2D eigenvalue weighted by molar-refractivity contribution is 7.08. The van der Waals surface area contributed by atoms with Gasteiger partial charge in [0.15, 0.2) is 0 Å². The first kappa shape index (κ1) is 20.8. The Kier molecular flexibility index (Phi) is 6.46. The predicted molar refractivity (Wildman–Crippen MR) is 103 cm³/mol. The Morgan fingerprint density at radius 1 is 1.24 bits per heavy atom. The van der Waals surface area contributed by atoms with Crippen molar-refractivity contribution in [2.24, 2.45) is 0 Å². The summed E-state index contributed by atoms with van der Waals surface area (Å²) in [5.41, 5.74) is 0.423. The molecular formula is C21H16F3NO3S. The van der Waals surface area contributed by atoms with Crippen LogP contribution >= 0.6 is 11.3 Å². The average Bonchev–Trinajstić information content (AvgIpc) is 3.23. The van der Waals surface area contributed by atoms with Crippen LogP contribution in [-0.2, 0) is 22.3 Å². The third kappa shape index (κ3) is 5.52. The lowest BCUT2D eigenvalue weighted by Crippen LogP contribution is -2.15. The molecule has 8 heteroatoms. The second kappa shape index (κ2) is 9.02. The first-order chi connectivity index (χ1) is 13.8. The van der Waals surface area contributed by atoms with E-state index in [-0.39, 0.29) is 17.7 Å². The number of alkyl halides is 3. The van der Waals surface area contributed by atoms with Gasteiger partial charge in [-0.25, -0.2) is 4.79 Å². The summed E-state index contributed by atoms with van der Waals surface area (Å²) >= 11 is 1.42. The quantitative estimate of drug-likeness (QED) is 0.450. The molecule has 0 amide bonds. The Balaban J connectivity index is 1.81. The number of benzene rings is 1. The molecule has 150 valence electrons. The number of ether oxygens (including phenoxy) is 1. The number of carbonyl (C=O) groups is 1. The van der Waals surface area contributed by atoms with E-state index in [1.54, 1.807) is 23.6 Å². The van der Waals surface area contributed by atoms with Crippen molar-refractivity contribution in [3.05, 3.63) is 93.4 Å². The second-order valence-corrected chi connectivity index (χ2v) is 6.90. The molecule has 2 heterocycles. The maximum absolute atomic E-state index is 12.8. The normalized spacial score (nSPS) is 13.2. The lowest BCUT2D eigenvalue weighted by atomic mass is 10.0. The fourth-order valence-electron chi connectivity index (χ4n) is 2.57. The van der Waals surface area contributed by atoms with Gasteiger partial charge in [0.1, 0.15) is 12.7 Å². The van der Waals surface area contributed by atoms with E-state index in [2.05, 4.69) is 4.98 Å². The van der Waals surface area contributed by atoms with Gasteiger partial charge in [0.25, 0.3) is 0 Å². The van der Waals surface area contributed by atoms with E-state index in [1.807, 2.05) is 5.38 Å². The number of carbonyl (C=O) groups excluding carboxylic acids is 1. The van der Waals surface area contributed by atoms with Crippen molar-refractivity contribution < 1.29 is 27.8 Å². The Morgan fingerprint density at radius 2 is 2.07 bits per heavy atom. The van der Waals surface area contributed by atoms with Crippen molar-refractivity contribution in [2.75, 3.05) is 0 Å². The summed E-state index contributed by atoms with van der Waals surface area (Å²) in [5, 5.41) is 14.2. The Labute approximate surface area is 168 Å². The summed E-state index contributed by atoms with van der Waals surface area (Å²) in [6, 6.07) is 9.54. The summed E-state index contributed by atoms with van der Waals surface area (Å²) in [5.74, 6) is -0.829. The van der Waals surface area contributed by atoms with Gasteiger partial charge in [0, 0.05) is 18.0 Å². The third-order valence-electron chi connectivity index (χ3n) is 4.02. The summed E-state index contributed by atoms with van der Waals surface area (Å²) in [6.07, 6.45) is -1.34. The van der Waals surface area contributed by atoms with Gasteiger partial charge >= 0.3 is 12.1 Å². The van der Waals surface area contributed by atoms with Gasteiger partial charge in [0.05, 0.1) is 11.1 Å². The minimum absolute atomic E-state index is 0.0385. The molecule has 29 heavy (non-hydrogen) atoms. The standard InChI is InChI=1S/C21H16F3NO3S/c22-21(23,24)17-5-1-3-14(9-17)12-28-20(27)18(10-15-6-8-29-13-15)19(26)16-4-2-7-25-11-16/h1-11,13,19,26H,12H2. The van der Waals surface area contributed by atoms with Crippen LogP contribution in [0.1, 0.15) is 28.4 Å². The number of pyridine rings is 1. The highest BCUT2D eigenvalue weighted by atomic mass is 32.1. The molecule has 0 bridgehead atoms. The van der Waals surface area contributed by atoms with E-state index in [9.17, 15) is 23.1 Å². The Bertz CT molecular complexity index is 986.